The van der Waals surface area contributed by atoms with Crippen LogP contribution in [0.15, 0.2) is 0 Å². The van der Waals surface area contributed by atoms with E-state index < -0.39 is 0 Å². The minimum absolute atomic E-state index is 0.0187. The zero-order chi connectivity index (χ0) is 15.1. The molecule has 0 aromatic carbocycles. The van der Waals surface area contributed by atoms with Gasteiger partial charge in [0.2, 0.25) is 0 Å². The third-order valence-corrected chi connectivity index (χ3v) is 4.19. The number of aliphatic hydroxyl groups is 1. The Bertz CT molecular complexity index is 319. The molecule has 2 rings (SSSR count). The zero-order valence-electron chi connectivity index (χ0n) is 12.9. The number of hydrogen-bond donors (Lipinski definition) is 2. The Balaban J connectivity index is 1.73. The number of rotatable bonds is 6. The molecule has 3 atom stereocenters. The molecule has 2 heterocycles. The normalized spacial score (nSPS) is 27.6. The number of urea groups is 1. The number of piperidine rings is 1. The van der Waals surface area contributed by atoms with Gasteiger partial charge in [-0.05, 0) is 39.0 Å². The molecule has 0 unspecified atom stereocenters. The maximum absolute atomic E-state index is 12.3. The Kier molecular flexibility index (Phi) is 6.73. The lowest BCUT2D eigenvalue weighted by molar-refractivity contribution is 0.0322. The van der Waals surface area contributed by atoms with Crippen LogP contribution < -0.4 is 5.32 Å². The molecule has 0 radical (unpaired) electrons. The lowest BCUT2D eigenvalue weighted by atomic mass is 10.00. The van der Waals surface area contributed by atoms with Gasteiger partial charge in [-0.1, -0.05) is 0 Å². The summed E-state index contributed by atoms with van der Waals surface area (Å²) in [6, 6.07) is 0.113. The van der Waals surface area contributed by atoms with Crippen LogP contribution in [0.2, 0.25) is 0 Å². The molecule has 0 spiro atoms. The number of likely N-dealkylation sites (tertiary alicyclic amines) is 1. The summed E-state index contributed by atoms with van der Waals surface area (Å²) in [6.45, 7) is 4.81. The van der Waals surface area contributed by atoms with Crippen molar-refractivity contribution >= 4 is 6.03 Å². The van der Waals surface area contributed by atoms with Gasteiger partial charge in [0.25, 0.3) is 0 Å². The average Bonchev–Trinajstić information content (AvgIpc) is 2.99. The first-order valence-electron chi connectivity index (χ1n) is 8.08. The van der Waals surface area contributed by atoms with Gasteiger partial charge in [-0.2, -0.15) is 0 Å². The first-order valence-corrected chi connectivity index (χ1v) is 8.08. The summed E-state index contributed by atoms with van der Waals surface area (Å²) < 4.78 is 11.0. The standard InChI is InChI=1S/C15H28N2O4/c1-12(10-21-14-6-9-20-11-14)16-15(19)17-7-3-2-4-13(17)5-8-18/h12-14,18H,2-11H2,1H3,(H,16,19)/t12-,13+,14-/m1/s1. The van der Waals surface area contributed by atoms with Crippen LogP contribution in [-0.2, 0) is 9.47 Å². The van der Waals surface area contributed by atoms with Crippen molar-refractivity contribution in [3.05, 3.63) is 0 Å². The molecule has 2 N–H and O–H groups in total. The van der Waals surface area contributed by atoms with E-state index in [2.05, 4.69) is 5.32 Å². The third kappa shape index (κ3) is 5.13. The summed E-state index contributed by atoms with van der Waals surface area (Å²) in [4.78, 5) is 14.2. The van der Waals surface area contributed by atoms with Gasteiger partial charge in [0.1, 0.15) is 0 Å². The van der Waals surface area contributed by atoms with E-state index in [4.69, 9.17) is 14.6 Å². The molecule has 6 heteroatoms. The molecule has 0 aromatic heterocycles. The van der Waals surface area contributed by atoms with Gasteiger partial charge < -0.3 is 24.8 Å². The van der Waals surface area contributed by atoms with Crippen LogP contribution in [-0.4, -0.2) is 67.2 Å². The lowest BCUT2D eigenvalue weighted by Gasteiger charge is -2.36. The van der Waals surface area contributed by atoms with Crippen LogP contribution in [0.1, 0.15) is 39.0 Å². The maximum Gasteiger partial charge on any atom is 0.317 e. The SMILES string of the molecule is C[C@H](CO[C@@H]1CCOC1)NC(=O)N1CCCC[C@H]1CCO. The van der Waals surface area contributed by atoms with E-state index in [0.29, 0.717) is 19.6 Å². The monoisotopic (exact) mass is 300 g/mol. The van der Waals surface area contributed by atoms with E-state index in [0.717, 1.165) is 38.8 Å². The third-order valence-electron chi connectivity index (χ3n) is 4.19. The largest absolute Gasteiger partial charge is 0.396 e. The topological polar surface area (TPSA) is 71.0 Å². The maximum atomic E-state index is 12.3. The zero-order valence-corrected chi connectivity index (χ0v) is 12.9. The second-order valence-corrected chi connectivity index (χ2v) is 6.02. The van der Waals surface area contributed by atoms with Crippen molar-refractivity contribution < 1.29 is 19.4 Å². The summed E-state index contributed by atoms with van der Waals surface area (Å²) in [7, 11) is 0. The fourth-order valence-corrected chi connectivity index (χ4v) is 2.98. The molecule has 21 heavy (non-hydrogen) atoms. The second-order valence-electron chi connectivity index (χ2n) is 6.02. The summed E-state index contributed by atoms with van der Waals surface area (Å²) in [5.74, 6) is 0. The Hall–Kier alpha value is -0.850. The van der Waals surface area contributed by atoms with Crippen molar-refractivity contribution in [2.75, 3.05) is 33.0 Å². The molecule has 0 saturated carbocycles. The number of carbonyl (C=O) groups is 1. The van der Waals surface area contributed by atoms with Crippen molar-refractivity contribution in [3.8, 4) is 0 Å². The Labute approximate surface area is 126 Å². The fourth-order valence-electron chi connectivity index (χ4n) is 2.98. The van der Waals surface area contributed by atoms with Crippen molar-refractivity contribution in [3.63, 3.8) is 0 Å². The van der Waals surface area contributed by atoms with Gasteiger partial charge in [0, 0.05) is 25.8 Å². The van der Waals surface area contributed by atoms with Crippen LogP contribution in [0.5, 0.6) is 0 Å². The molecule has 0 bridgehead atoms. The summed E-state index contributed by atoms with van der Waals surface area (Å²) >= 11 is 0. The number of ether oxygens (including phenoxy) is 2. The van der Waals surface area contributed by atoms with Gasteiger partial charge >= 0.3 is 6.03 Å². The van der Waals surface area contributed by atoms with Crippen molar-refractivity contribution in [1.82, 2.24) is 10.2 Å². The molecule has 6 nitrogen and oxygen atoms in total. The molecular weight excluding hydrogens is 272 g/mol. The van der Waals surface area contributed by atoms with E-state index in [1.54, 1.807) is 0 Å². The van der Waals surface area contributed by atoms with Crippen LogP contribution in [0.4, 0.5) is 4.79 Å². The second kappa shape index (κ2) is 8.56. The molecule has 2 aliphatic rings. The van der Waals surface area contributed by atoms with E-state index in [9.17, 15) is 4.79 Å². The molecule has 2 fully saturated rings. The molecule has 0 aromatic rings. The number of nitrogens with one attached hydrogen (secondary N) is 1. The molecule has 2 amide bonds. The molecule has 122 valence electrons. The Morgan fingerprint density at radius 3 is 3.05 bits per heavy atom. The summed E-state index contributed by atoms with van der Waals surface area (Å²) in [5.41, 5.74) is 0. The van der Waals surface area contributed by atoms with E-state index in [1.807, 2.05) is 11.8 Å². The van der Waals surface area contributed by atoms with Crippen LogP contribution in [0.3, 0.4) is 0 Å². The summed E-state index contributed by atoms with van der Waals surface area (Å²) in [6.07, 6.45) is 4.93. The van der Waals surface area contributed by atoms with Crippen molar-refractivity contribution in [1.29, 1.82) is 0 Å². The number of aliphatic hydroxyl groups excluding tert-OH is 1. The highest BCUT2D eigenvalue weighted by atomic mass is 16.5. The quantitative estimate of drug-likeness (QED) is 0.771. The first-order chi connectivity index (χ1) is 10.2. The van der Waals surface area contributed by atoms with Gasteiger partial charge in [0.15, 0.2) is 0 Å². The number of nitrogens with zero attached hydrogens (tertiary/aromatic N) is 1. The van der Waals surface area contributed by atoms with Gasteiger partial charge in [0.05, 0.1) is 25.4 Å². The van der Waals surface area contributed by atoms with Crippen molar-refractivity contribution in [2.45, 2.75) is 57.2 Å². The van der Waals surface area contributed by atoms with E-state index in [1.165, 1.54) is 0 Å². The highest BCUT2D eigenvalue weighted by molar-refractivity contribution is 5.75. The van der Waals surface area contributed by atoms with Gasteiger partial charge in [-0.3, -0.25) is 0 Å². The Morgan fingerprint density at radius 1 is 1.48 bits per heavy atom. The molecule has 0 aliphatic carbocycles. The molecule has 2 saturated heterocycles. The lowest BCUT2D eigenvalue weighted by Crippen LogP contribution is -2.51. The van der Waals surface area contributed by atoms with E-state index >= 15 is 0 Å². The molecule has 2 aliphatic heterocycles. The van der Waals surface area contributed by atoms with Crippen molar-refractivity contribution in [2.24, 2.45) is 0 Å². The number of carbonyl (C=O) groups excluding carboxylic acids is 1. The average molecular weight is 300 g/mol. The first kappa shape index (κ1) is 16.5. The fraction of sp³-hybridized carbons (Fsp3) is 0.933. The van der Waals surface area contributed by atoms with Crippen LogP contribution >= 0.6 is 0 Å². The van der Waals surface area contributed by atoms with Crippen LogP contribution in [0.25, 0.3) is 0 Å². The minimum atomic E-state index is -0.0353. The number of hydrogen-bond acceptors (Lipinski definition) is 4. The van der Waals surface area contributed by atoms with Gasteiger partial charge in [-0.25, -0.2) is 4.79 Å². The highest BCUT2D eigenvalue weighted by Gasteiger charge is 2.27. The highest BCUT2D eigenvalue weighted by Crippen LogP contribution is 2.19. The minimum Gasteiger partial charge on any atom is -0.396 e. The molecular formula is C15H28N2O4. The predicted octanol–water partition coefficient (Wildman–Crippen LogP) is 1.13. The van der Waals surface area contributed by atoms with E-state index in [-0.39, 0.29) is 30.8 Å². The predicted molar refractivity (Wildman–Crippen MR) is 79.2 cm³/mol. The Morgan fingerprint density at radius 2 is 2.33 bits per heavy atom. The smallest absolute Gasteiger partial charge is 0.317 e. The summed E-state index contributed by atoms with van der Waals surface area (Å²) in [5, 5.41) is 12.1. The van der Waals surface area contributed by atoms with Crippen LogP contribution in [0, 0.1) is 0 Å². The van der Waals surface area contributed by atoms with Gasteiger partial charge in [-0.15, -0.1) is 0 Å². The number of amides is 2.